The average Bonchev–Trinajstić information content (AvgIpc) is 2.76. The van der Waals surface area contributed by atoms with Gasteiger partial charge < -0.3 is 19.7 Å². The molecule has 0 unspecified atom stereocenters. The molecule has 2 aromatic heterocycles. The number of aryl methyl sites for hydroxylation is 1. The fourth-order valence-corrected chi connectivity index (χ4v) is 2.98. The van der Waals surface area contributed by atoms with Crippen molar-refractivity contribution in [1.29, 1.82) is 0 Å². The zero-order chi connectivity index (χ0) is 20.6. The first-order valence-corrected chi connectivity index (χ1v) is 9.49. The number of methoxy groups -OCH3 is 2. The maximum atomic E-state index is 5.37. The minimum absolute atomic E-state index is 0.622. The summed E-state index contributed by atoms with van der Waals surface area (Å²) < 4.78 is 10.7. The summed E-state index contributed by atoms with van der Waals surface area (Å²) in [7, 11) is 5.31. The molecule has 2 heterocycles. The van der Waals surface area contributed by atoms with Crippen molar-refractivity contribution in [2.45, 2.75) is 19.9 Å². The molecule has 0 aliphatic heterocycles. The number of benzene rings is 1. The molecule has 1 N–H and O–H groups in total. The molecule has 0 fully saturated rings. The maximum Gasteiger partial charge on any atom is 0.161 e. The van der Waals surface area contributed by atoms with Gasteiger partial charge in [0.15, 0.2) is 11.5 Å². The number of pyridine rings is 1. The molecule has 0 bridgehead atoms. The third kappa shape index (κ3) is 5.57. The summed E-state index contributed by atoms with van der Waals surface area (Å²) in [5, 5.41) is 3.38. The molecule has 0 aliphatic rings. The van der Waals surface area contributed by atoms with Crippen LogP contribution in [0.5, 0.6) is 11.5 Å². The van der Waals surface area contributed by atoms with Crippen molar-refractivity contribution in [2.75, 3.05) is 38.0 Å². The van der Waals surface area contributed by atoms with Gasteiger partial charge in [-0.2, -0.15) is 0 Å². The Morgan fingerprint density at radius 2 is 1.69 bits per heavy atom. The van der Waals surface area contributed by atoms with Gasteiger partial charge >= 0.3 is 0 Å². The smallest absolute Gasteiger partial charge is 0.161 e. The SMILES string of the molecule is COc1ccc(CNc2cc(N(C)CCc3ccncc3)nc(C)n2)cc1OC. The summed E-state index contributed by atoms with van der Waals surface area (Å²) in [6.45, 7) is 3.38. The summed E-state index contributed by atoms with van der Waals surface area (Å²) >= 11 is 0. The van der Waals surface area contributed by atoms with Gasteiger partial charge in [-0.15, -0.1) is 0 Å². The minimum atomic E-state index is 0.622. The summed E-state index contributed by atoms with van der Waals surface area (Å²) in [6, 6.07) is 11.9. The molecule has 0 saturated heterocycles. The van der Waals surface area contributed by atoms with Crippen LogP contribution >= 0.6 is 0 Å². The van der Waals surface area contributed by atoms with E-state index in [1.165, 1.54) is 5.56 Å². The predicted molar refractivity (Wildman–Crippen MR) is 115 cm³/mol. The monoisotopic (exact) mass is 393 g/mol. The Morgan fingerprint density at radius 1 is 0.931 bits per heavy atom. The summed E-state index contributed by atoms with van der Waals surface area (Å²) in [5.41, 5.74) is 2.33. The molecule has 0 aliphatic carbocycles. The number of ether oxygens (including phenoxy) is 2. The molecule has 7 nitrogen and oxygen atoms in total. The van der Waals surface area contributed by atoms with Crippen LogP contribution in [0.25, 0.3) is 0 Å². The summed E-state index contributed by atoms with van der Waals surface area (Å²) in [6.07, 6.45) is 4.57. The molecule has 29 heavy (non-hydrogen) atoms. The Hall–Kier alpha value is -3.35. The van der Waals surface area contributed by atoms with E-state index >= 15 is 0 Å². The quantitative estimate of drug-likeness (QED) is 0.597. The first kappa shape index (κ1) is 20.4. The molecule has 0 radical (unpaired) electrons. The average molecular weight is 393 g/mol. The number of rotatable bonds is 9. The predicted octanol–water partition coefficient (Wildman–Crippen LogP) is 3.49. The van der Waals surface area contributed by atoms with Crippen molar-refractivity contribution in [3.63, 3.8) is 0 Å². The third-order valence-electron chi connectivity index (χ3n) is 4.62. The van der Waals surface area contributed by atoms with Crippen molar-refractivity contribution < 1.29 is 9.47 Å². The fourth-order valence-electron chi connectivity index (χ4n) is 2.98. The second kappa shape index (κ2) is 9.73. The molecule has 7 heteroatoms. The van der Waals surface area contributed by atoms with Gasteiger partial charge in [-0.25, -0.2) is 9.97 Å². The molecule has 0 atom stereocenters. The van der Waals surface area contributed by atoms with Crippen LogP contribution in [-0.4, -0.2) is 42.8 Å². The highest BCUT2D eigenvalue weighted by atomic mass is 16.5. The highest BCUT2D eigenvalue weighted by Crippen LogP contribution is 2.28. The summed E-state index contributed by atoms with van der Waals surface area (Å²) in [5.74, 6) is 3.84. The van der Waals surface area contributed by atoms with Crippen LogP contribution in [0, 0.1) is 6.92 Å². The summed E-state index contributed by atoms with van der Waals surface area (Å²) in [4.78, 5) is 15.3. The second-order valence-electron chi connectivity index (χ2n) is 6.73. The zero-order valence-electron chi connectivity index (χ0n) is 17.3. The third-order valence-corrected chi connectivity index (χ3v) is 4.62. The zero-order valence-corrected chi connectivity index (χ0v) is 17.3. The molecule has 3 rings (SSSR count). The van der Waals surface area contributed by atoms with E-state index in [9.17, 15) is 0 Å². The lowest BCUT2D eigenvalue weighted by atomic mass is 10.2. The van der Waals surface area contributed by atoms with Gasteiger partial charge in [0.05, 0.1) is 14.2 Å². The Kier molecular flexibility index (Phi) is 6.84. The van der Waals surface area contributed by atoms with Gasteiger partial charge in [0, 0.05) is 38.6 Å². The van der Waals surface area contributed by atoms with Gasteiger partial charge in [0.2, 0.25) is 0 Å². The first-order valence-electron chi connectivity index (χ1n) is 9.49. The van der Waals surface area contributed by atoms with E-state index in [-0.39, 0.29) is 0 Å². The Bertz CT molecular complexity index is 934. The normalized spacial score (nSPS) is 10.5. The molecule has 152 valence electrons. The number of nitrogens with zero attached hydrogens (tertiary/aromatic N) is 4. The molecule has 3 aromatic rings. The Labute approximate surface area is 171 Å². The first-order chi connectivity index (χ1) is 14.1. The molecule has 0 spiro atoms. The van der Waals surface area contributed by atoms with Crippen LogP contribution in [0.15, 0.2) is 48.8 Å². The number of likely N-dealkylation sites (N-methyl/N-ethyl adjacent to an activating group) is 1. The van der Waals surface area contributed by atoms with E-state index in [1.54, 1.807) is 14.2 Å². The van der Waals surface area contributed by atoms with Crippen molar-refractivity contribution >= 4 is 11.6 Å². The number of aromatic nitrogens is 3. The van der Waals surface area contributed by atoms with Gasteiger partial charge in [0.25, 0.3) is 0 Å². The van der Waals surface area contributed by atoms with Crippen LogP contribution in [0.1, 0.15) is 17.0 Å². The molecular weight excluding hydrogens is 366 g/mol. The van der Waals surface area contributed by atoms with Crippen LogP contribution in [0.4, 0.5) is 11.6 Å². The largest absolute Gasteiger partial charge is 0.493 e. The second-order valence-corrected chi connectivity index (χ2v) is 6.73. The lowest BCUT2D eigenvalue weighted by Gasteiger charge is -2.19. The van der Waals surface area contributed by atoms with Gasteiger partial charge in [-0.05, 0) is 48.7 Å². The van der Waals surface area contributed by atoms with Crippen LogP contribution in [0.3, 0.4) is 0 Å². The van der Waals surface area contributed by atoms with E-state index in [1.807, 2.05) is 62.8 Å². The fraction of sp³-hybridized carbons (Fsp3) is 0.318. The minimum Gasteiger partial charge on any atom is -0.493 e. The van der Waals surface area contributed by atoms with Gasteiger partial charge in [-0.1, -0.05) is 6.07 Å². The molecular formula is C22H27N5O2. The number of hydrogen-bond acceptors (Lipinski definition) is 7. The van der Waals surface area contributed by atoms with E-state index in [2.05, 4.69) is 25.2 Å². The maximum absolute atomic E-state index is 5.37. The standard InChI is InChI=1S/C22H27N5O2/c1-16-25-21(24-15-18-5-6-19(28-3)20(13-18)29-4)14-22(26-16)27(2)12-9-17-7-10-23-11-8-17/h5-8,10-11,13-14H,9,12,15H2,1-4H3,(H,24,25,26). The highest BCUT2D eigenvalue weighted by molar-refractivity contribution is 5.50. The Morgan fingerprint density at radius 3 is 2.41 bits per heavy atom. The molecule has 0 amide bonds. The van der Waals surface area contributed by atoms with Crippen molar-refractivity contribution in [3.8, 4) is 11.5 Å². The van der Waals surface area contributed by atoms with E-state index < -0.39 is 0 Å². The van der Waals surface area contributed by atoms with E-state index in [0.717, 1.165) is 36.0 Å². The topological polar surface area (TPSA) is 72.4 Å². The number of hydrogen-bond donors (Lipinski definition) is 1. The number of anilines is 2. The lowest BCUT2D eigenvalue weighted by Crippen LogP contribution is -2.22. The van der Waals surface area contributed by atoms with Gasteiger partial charge in [-0.3, -0.25) is 4.98 Å². The van der Waals surface area contributed by atoms with Gasteiger partial charge in [0.1, 0.15) is 17.5 Å². The van der Waals surface area contributed by atoms with Crippen LogP contribution < -0.4 is 19.7 Å². The molecule has 1 aromatic carbocycles. The van der Waals surface area contributed by atoms with Crippen molar-refractivity contribution in [1.82, 2.24) is 15.0 Å². The number of nitrogens with one attached hydrogen (secondary N) is 1. The van der Waals surface area contributed by atoms with Crippen LogP contribution in [-0.2, 0) is 13.0 Å². The highest BCUT2D eigenvalue weighted by Gasteiger charge is 2.09. The lowest BCUT2D eigenvalue weighted by molar-refractivity contribution is 0.354. The van der Waals surface area contributed by atoms with Crippen LogP contribution in [0.2, 0.25) is 0 Å². The van der Waals surface area contributed by atoms with Crippen molar-refractivity contribution in [2.24, 2.45) is 0 Å². The van der Waals surface area contributed by atoms with E-state index in [4.69, 9.17) is 9.47 Å². The molecule has 0 saturated carbocycles. The van der Waals surface area contributed by atoms with E-state index in [0.29, 0.717) is 18.0 Å². The van der Waals surface area contributed by atoms with Crippen molar-refractivity contribution in [3.05, 3.63) is 65.7 Å². The Balaban J connectivity index is 1.65.